The van der Waals surface area contributed by atoms with E-state index in [9.17, 15) is 4.79 Å². The number of halogens is 1. The van der Waals surface area contributed by atoms with Crippen LogP contribution in [0.15, 0.2) is 29.6 Å². The lowest BCUT2D eigenvalue weighted by atomic mass is 10.3. The summed E-state index contributed by atoms with van der Waals surface area (Å²) in [6.45, 7) is 1.85. The van der Waals surface area contributed by atoms with E-state index in [1.807, 2.05) is 24.6 Å². The molecular weight excluding hydrogens is 334 g/mol. The lowest BCUT2D eigenvalue weighted by Crippen LogP contribution is -2.33. The highest BCUT2D eigenvalue weighted by molar-refractivity contribution is 7.09. The molecule has 0 aliphatic rings. The molecule has 0 aliphatic heterocycles. The number of thiazole rings is 1. The predicted molar refractivity (Wildman–Crippen MR) is 93.2 cm³/mol. The second kappa shape index (κ2) is 8.86. The Balaban J connectivity index is 1.83. The molecule has 7 heteroatoms. The van der Waals surface area contributed by atoms with E-state index in [4.69, 9.17) is 16.3 Å². The van der Waals surface area contributed by atoms with Gasteiger partial charge < -0.3 is 15.0 Å². The van der Waals surface area contributed by atoms with Crippen LogP contribution in [0.1, 0.15) is 10.7 Å². The Morgan fingerprint density at radius 1 is 1.39 bits per heavy atom. The Hall–Kier alpha value is -1.63. The van der Waals surface area contributed by atoms with Gasteiger partial charge in [0.25, 0.3) is 0 Å². The molecule has 1 heterocycles. The predicted octanol–water partition coefficient (Wildman–Crippen LogP) is 2.60. The molecule has 5 nitrogen and oxygen atoms in total. The van der Waals surface area contributed by atoms with Gasteiger partial charge in [-0.05, 0) is 31.3 Å². The molecule has 0 atom stereocenters. The van der Waals surface area contributed by atoms with Crippen LogP contribution < -0.4 is 10.1 Å². The zero-order valence-electron chi connectivity index (χ0n) is 13.2. The molecule has 1 amide bonds. The smallest absolute Gasteiger partial charge is 0.228 e. The second-order valence-corrected chi connectivity index (χ2v) is 6.45. The average Bonchev–Trinajstić information content (AvgIpc) is 2.99. The second-order valence-electron chi connectivity index (χ2n) is 5.07. The summed E-state index contributed by atoms with van der Waals surface area (Å²) in [7, 11) is 3.67. The molecule has 0 spiro atoms. The molecule has 2 rings (SSSR count). The molecule has 1 aromatic carbocycles. The van der Waals surface area contributed by atoms with Gasteiger partial charge in [0.15, 0.2) is 0 Å². The van der Waals surface area contributed by atoms with Gasteiger partial charge in [-0.2, -0.15) is 0 Å². The monoisotopic (exact) mass is 353 g/mol. The van der Waals surface area contributed by atoms with Crippen LogP contribution in [0.3, 0.4) is 0 Å². The van der Waals surface area contributed by atoms with Crippen molar-refractivity contribution in [3.63, 3.8) is 0 Å². The average molecular weight is 354 g/mol. The van der Waals surface area contributed by atoms with Crippen LogP contribution in [-0.4, -0.2) is 43.0 Å². The van der Waals surface area contributed by atoms with Crippen LogP contribution in [0.5, 0.6) is 5.75 Å². The lowest BCUT2D eigenvalue weighted by molar-refractivity contribution is -0.129. The topological polar surface area (TPSA) is 54.5 Å². The minimum absolute atomic E-state index is 0.0655. The van der Waals surface area contributed by atoms with Gasteiger partial charge in [0, 0.05) is 30.5 Å². The first-order valence-corrected chi connectivity index (χ1v) is 8.54. The fraction of sp³-hybridized carbons (Fsp3) is 0.375. The van der Waals surface area contributed by atoms with Crippen LogP contribution in [0, 0.1) is 0 Å². The maximum Gasteiger partial charge on any atom is 0.228 e. The van der Waals surface area contributed by atoms with Crippen molar-refractivity contribution >= 4 is 28.8 Å². The van der Waals surface area contributed by atoms with Crippen molar-refractivity contribution in [1.29, 1.82) is 0 Å². The summed E-state index contributed by atoms with van der Waals surface area (Å²) in [6, 6.07) is 7.20. The molecule has 124 valence electrons. The van der Waals surface area contributed by atoms with E-state index in [1.54, 1.807) is 24.1 Å². The molecule has 2 aromatic rings. The molecule has 0 fully saturated rings. The highest BCUT2D eigenvalue weighted by Gasteiger charge is 2.12. The molecule has 23 heavy (non-hydrogen) atoms. The summed E-state index contributed by atoms with van der Waals surface area (Å²) < 4.78 is 5.65. The van der Waals surface area contributed by atoms with Gasteiger partial charge in [0.2, 0.25) is 5.91 Å². The zero-order valence-corrected chi connectivity index (χ0v) is 14.8. The first-order chi connectivity index (χ1) is 11.1. The molecule has 0 radical (unpaired) electrons. The number of likely N-dealkylation sites (N-methyl/N-ethyl adjacent to an activating group) is 2. The molecule has 0 aliphatic carbocycles. The fourth-order valence-corrected chi connectivity index (χ4v) is 2.70. The van der Waals surface area contributed by atoms with Crippen LogP contribution in [0.2, 0.25) is 5.02 Å². The van der Waals surface area contributed by atoms with E-state index >= 15 is 0 Å². The van der Waals surface area contributed by atoms with Gasteiger partial charge in [-0.1, -0.05) is 11.6 Å². The molecule has 0 bridgehead atoms. The number of ether oxygens (including phenoxy) is 1. The van der Waals surface area contributed by atoms with Crippen LogP contribution in [-0.2, 0) is 17.8 Å². The van der Waals surface area contributed by atoms with E-state index in [0.29, 0.717) is 24.6 Å². The van der Waals surface area contributed by atoms with Gasteiger partial charge in [-0.25, -0.2) is 4.98 Å². The highest BCUT2D eigenvalue weighted by atomic mass is 35.5. The summed E-state index contributed by atoms with van der Waals surface area (Å²) in [5.74, 6) is 0.810. The number of nitrogens with one attached hydrogen (secondary N) is 1. The van der Waals surface area contributed by atoms with Crippen LogP contribution >= 0.6 is 22.9 Å². The molecular formula is C16H20ClN3O2S. The first kappa shape index (κ1) is 17.7. The number of hydrogen-bond donors (Lipinski definition) is 1. The summed E-state index contributed by atoms with van der Waals surface area (Å²) >= 11 is 7.33. The number of amides is 1. The Morgan fingerprint density at radius 3 is 2.83 bits per heavy atom. The Morgan fingerprint density at radius 2 is 2.13 bits per heavy atom. The van der Waals surface area contributed by atoms with Gasteiger partial charge in [0.05, 0.1) is 12.1 Å². The Bertz CT molecular complexity index is 631. The summed E-state index contributed by atoms with van der Waals surface area (Å²) in [5.41, 5.74) is 0.783. The van der Waals surface area contributed by atoms with Gasteiger partial charge >= 0.3 is 0 Å². The zero-order chi connectivity index (χ0) is 16.7. The molecule has 1 aromatic heterocycles. The number of nitrogens with zero attached hydrogens (tertiary/aromatic N) is 2. The van der Waals surface area contributed by atoms with Crippen molar-refractivity contribution in [2.45, 2.75) is 13.0 Å². The highest BCUT2D eigenvalue weighted by Crippen LogP contribution is 2.18. The third kappa shape index (κ3) is 5.82. The fourth-order valence-electron chi connectivity index (χ4n) is 1.87. The minimum atomic E-state index is 0.0655. The van der Waals surface area contributed by atoms with Gasteiger partial charge in [-0.3, -0.25) is 4.79 Å². The van der Waals surface area contributed by atoms with Crippen LogP contribution in [0.25, 0.3) is 0 Å². The minimum Gasteiger partial charge on any atom is -0.486 e. The third-order valence-corrected chi connectivity index (χ3v) is 4.35. The van der Waals surface area contributed by atoms with Crippen molar-refractivity contribution in [3.8, 4) is 5.75 Å². The SMILES string of the molecule is CNCCN(C)C(=O)Cc1csc(COc2ccc(Cl)cc2)n1. The summed E-state index contributed by atoms with van der Waals surface area (Å²) in [5, 5.41) is 6.46. The van der Waals surface area contributed by atoms with Gasteiger partial charge in [-0.15, -0.1) is 11.3 Å². The lowest BCUT2D eigenvalue weighted by Gasteiger charge is -2.16. The maximum atomic E-state index is 12.1. The largest absolute Gasteiger partial charge is 0.486 e. The Kier molecular flexibility index (Phi) is 6.83. The van der Waals surface area contributed by atoms with E-state index in [2.05, 4.69) is 10.3 Å². The van der Waals surface area contributed by atoms with E-state index in [1.165, 1.54) is 11.3 Å². The molecule has 0 unspecified atom stereocenters. The van der Waals surface area contributed by atoms with Crippen molar-refractivity contribution in [3.05, 3.63) is 45.4 Å². The Labute approximate surface area is 145 Å². The molecule has 0 saturated heterocycles. The molecule has 1 N–H and O–H groups in total. The van der Waals surface area contributed by atoms with E-state index in [-0.39, 0.29) is 5.91 Å². The number of rotatable bonds is 8. The number of carbonyl (C=O) groups is 1. The molecule has 0 saturated carbocycles. The van der Waals surface area contributed by atoms with Crippen molar-refractivity contribution in [2.24, 2.45) is 0 Å². The third-order valence-electron chi connectivity index (χ3n) is 3.23. The quantitative estimate of drug-likeness (QED) is 0.792. The normalized spacial score (nSPS) is 10.6. The van der Waals surface area contributed by atoms with Crippen molar-refractivity contribution in [1.82, 2.24) is 15.2 Å². The van der Waals surface area contributed by atoms with E-state index < -0.39 is 0 Å². The number of aromatic nitrogens is 1. The summed E-state index contributed by atoms with van der Waals surface area (Å²) in [4.78, 5) is 18.2. The van der Waals surface area contributed by atoms with Crippen molar-refractivity contribution < 1.29 is 9.53 Å². The number of carbonyl (C=O) groups excluding carboxylic acids is 1. The maximum absolute atomic E-state index is 12.1. The summed E-state index contributed by atoms with van der Waals surface area (Å²) in [6.07, 6.45) is 0.317. The first-order valence-electron chi connectivity index (χ1n) is 7.28. The van der Waals surface area contributed by atoms with Crippen molar-refractivity contribution in [2.75, 3.05) is 27.2 Å². The number of benzene rings is 1. The van der Waals surface area contributed by atoms with E-state index in [0.717, 1.165) is 23.0 Å². The standard InChI is InChI=1S/C16H20ClN3O2S/c1-18-7-8-20(2)16(21)9-13-11-23-15(19-13)10-22-14-5-3-12(17)4-6-14/h3-6,11,18H,7-10H2,1-2H3. The number of hydrogen-bond acceptors (Lipinski definition) is 5. The van der Waals surface area contributed by atoms with Gasteiger partial charge in [0.1, 0.15) is 17.4 Å². The van der Waals surface area contributed by atoms with Crippen LogP contribution in [0.4, 0.5) is 0 Å².